The van der Waals surface area contributed by atoms with Gasteiger partial charge in [0.05, 0.1) is 0 Å². The Bertz CT molecular complexity index is 513. The maximum atomic E-state index is 12.6. The first kappa shape index (κ1) is 14.8. The number of carbonyl (C=O) groups excluding carboxylic acids is 2. The average Bonchev–Trinajstić information content (AvgIpc) is 2.76. The summed E-state index contributed by atoms with van der Waals surface area (Å²) in [6, 6.07) is 0. The lowest BCUT2D eigenvalue weighted by molar-refractivity contribution is 0.0729. The fourth-order valence-electron chi connectivity index (χ4n) is 2.86. The van der Waals surface area contributed by atoms with E-state index in [9.17, 15) is 9.59 Å². The summed E-state index contributed by atoms with van der Waals surface area (Å²) in [7, 11) is 0. The molecule has 0 aromatic carbocycles. The van der Waals surface area contributed by atoms with E-state index in [4.69, 9.17) is 0 Å². The highest BCUT2D eigenvalue weighted by atomic mass is 16.2. The van der Waals surface area contributed by atoms with E-state index in [0.717, 1.165) is 50.3 Å². The molecule has 1 saturated heterocycles. The van der Waals surface area contributed by atoms with Crippen LogP contribution in [-0.4, -0.2) is 47.8 Å². The largest absolute Gasteiger partial charge is 0.354 e. The molecule has 1 aliphatic rings. The zero-order valence-electron chi connectivity index (χ0n) is 12.5. The van der Waals surface area contributed by atoms with Crippen LogP contribution in [0.2, 0.25) is 0 Å². The number of H-pyrrole nitrogens is 1. The van der Waals surface area contributed by atoms with Crippen LogP contribution in [0.5, 0.6) is 0 Å². The van der Waals surface area contributed by atoms with Crippen molar-refractivity contribution in [1.29, 1.82) is 0 Å². The lowest BCUT2D eigenvalue weighted by Gasteiger charge is -2.27. The molecule has 0 atom stereocenters. The van der Waals surface area contributed by atoms with Crippen molar-refractivity contribution in [2.45, 2.75) is 33.6 Å². The van der Waals surface area contributed by atoms with Gasteiger partial charge in [-0.15, -0.1) is 0 Å². The number of Topliss-reactive ketones (excluding diaryl/α,β-unsaturated/α-hetero) is 1. The van der Waals surface area contributed by atoms with Gasteiger partial charge in [0.2, 0.25) is 0 Å². The van der Waals surface area contributed by atoms with Gasteiger partial charge in [0, 0.05) is 37.4 Å². The minimum Gasteiger partial charge on any atom is -0.354 e. The van der Waals surface area contributed by atoms with Gasteiger partial charge in [-0.3, -0.25) is 9.59 Å². The quantitative estimate of drug-likeness (QED) is 0.820. The maximum Gasteiger partial charge on any atom is 0.270 e. The molecule has 20 heavy (non-hydrogen) atoms. The number of nitrogens with one attached hydrogen (secondary N) is 2. The van der Waals surface area contributed by atoms with Crippen molar-refractivity contribution in [3.63, 3.8) is 0 Å². The smallest absolute Gasteiger partial charge is 0.270 e. The molecule has 0 saturated carbocycles. The highest BCUT2D eigenvalue weighted by Crippen LogP contribution is 2.22. The van der Waals surface area contributed by atoms with Crippen LogP contribution in [0, 0.1) is 6.92 Å². The number of nitrogens with zero attached hydrogens (tertiary/aromatic N) is 1. The lowest BCUT2D eigenvalue weighted by Crippen LogP contribution is -2.46. The van der Waals surface area contributed by atoms with Gasteiger partial charge in [-0.05, 0) is 25.8 Å². The van der Waals surface area contributed by atoms with Crippen LogP contribution in [-0.2, 0) is 6.42 Å². The van der Waals surface area contributed by atoms with Crippen LogP contribution < -0.4 is 5.32 Å². The normalized spacial score (nSPS) is 15.4. The summed E-state index contributed by atoms with van der Waals surface area (Å²) in [5.41, 5.74) is 3.00. The molecule has 0 aliphatic carbocycles. The summed E-state index contributed by atoms with van der Waals surface area (Å²) in [6.07, 6.45) is 1.67. The second-order valence-corrected chi connectivity index (χ2v) is 5.33. The van der Waals surface area contributed by atoms with Gasteiger partial charge in [0.15, 0.2) is 5.78 Å². The fourth-order valence-corrected chi connectivity index (χ4v) is 2.86. The summed E-state index contributed by atoms with van der Waals surface area (Å²) in [6.45, 7) is 8.59. The second kappa shape index (κ2) is 6.22. The number of ketones is 1. The van der Waals surface area contributed by atoms with Crippen LogP contribution in [0.1, 0.15) is 52.4 Å². The zero-order valence-corrected chi connectivity index (χ0v) is 12.5. The summed E-state index contributed by atoms with van der Waals surface area (Å²) in [5.74, 6) is 0.0483. The van der Waals surface area contributed by atoms with Crippen molar-refractivity contribution in [3.05, 3.63) is 22.5 Å². The predicted octanol–water partition coefficient (Wildman–Crippen LogP) is 1.52. The standard InChI is InChI=1S/C15H23N3O2/c1-4-5-12-13(11(3)19)10(2)17-14(12)15(20)18-8-6-16-7-9-18/h16-17H,4-9H2,1-3H3. The van der Waals surface area contributed by atoms with Gasteiger partial charge in [-0.2, -0.15) is 0 Å². The Labute approximate surface area is 119 Å². The first-order valence-electron chi connectivity index (χ1n) is 7.28. The third-order valence-corrected chi connectivity index (χ3v) is 3.76. The molecule has 1 aromatic heterocycles. The van der Waals surface area contributed by atoms with Crippen LogP contribution in [0.3, 0.4) is 0 Å². The predicted molar refractivity (Wildman–Crippen MR) is 78.3 cm³/mol. The number of aromatic amines is 1. The van der Waals surface area contributed by atoms with E-state index in [-0.39, 0.29) is 11.7 Å². The van der Waals surface area contributed by atoms with Crippen LogP contribution in [0.4, 0.5) is 0 Å². The van der Waals surface area contributed by atoms with Crippen molar-refractivity contribution < 1.29 is 9.59 Å². The van der Waals surface area contributed by atoms with E-state index in [2.05, 4.69) is 17.2 Å². The van der Waals surface area contributed by atoms with Gasteiger partial charge in [0.25, 0.3) is 5.91 Å². The summed E-state index contributed by atoms with van der Waals surface area (Å²) >= 11 is 0. The number of carbonyl (C=O) groups is 2. The number of piperazine rings is 1. The molecule has 1 aliphatic heterocycles. The van der Waals surface area contributed by atoms with Gasteiger partial charge >= 0.3 is 0 Å². The number of aryl methyl sites for hydroxylation is 1. The molecule has 1 fully saturated rings. The third-order valence-electron chi connectivity index (χ3n) is 3.76. The van der Waals surface area contributed by atoms with E-state index in [0.29, 0.717) is 11.3 Å². The highest BCUT2D eigenvalue weighted by Gasteiger charge is 2.26. The van der Waals surface area contributed by atoms with Crippen LogP contribution >= 0.6 is 0 Å². The number of aromatic nitrogens is 1. The lowest BCUT2D eigenvalue weighted by atomic mass is 10.0. The number of amides is 1. The Kier molecular flexibility index (Phi) is 4.60. The van der Waals surface area contributed by atoms with E-state index in [1.165, 1.54) is 0 Å². The summed E-state index contributed by atoms with van der Waals surface area (Å²) in [5, 5.41) is 3.24. The van der Waals surface area contributed by atoms with Gasteiger partial charge < -0.3 is 15.2 Å². The van der Waals surface area contributed by atoms with Crippen molar-refractivity contribution in [3.8, 4) is 0 Å². The average molecular weight is 277 g/mol. The monoisotopic (exact) mass is 277 g/mol. The Hall–Kier alpha value is -1.62. The first-order chi connectivity index (χ1) is 9.56. The SMILES string of the molecule is CCCc1c(C(=O)N2CCNCC2)[nH]c(C)c1C(C)=O. The number of rotatable bonds is 4. The highest BCUT2D eigenvalue weighted by molar-refractivity contribution is 6.02. The Balaban J connectivity index is 2.37. The first-order valence-corrected chi connectivity index (χ1v) is 7.28. The molecule has 1 amide bonds. The molecule has 0 unspecified atom stereocenters. The number of hydrogen-bond donors (Lipinski definition) is 2. The molecule has 0 radical (unpaired) electrons. The van der Waals surface area contributed by atoms with Crippen molar-refractivity contribution in [2.75, 3.05) is 26.2 Å². The molecule has 0 bridgehead atoms. The molecule has 110 valence electrons. The Morgan fingerprint density at radius 1 is 1.25 bits per heavy atom. The molecule has 5 nitrogen and oxygen atoms in total. The van der Waals surface area contributed by atoms with Crippen molar-refractivity contribution in [1.82, 2.24) is 15.2 Å². The molecule has 1 aromatic rings. The van der Waals surface area contributed by atoms with Gasteiger partial charge in [0.1, 0.15) is 5.69 Å². The van der Waals surface area contributed by atoms with E-state index in [1.54, 1.807) is 6.92 Å². The molecular formula is C15H23N3O2. The Morgan fingerprint density at radius 3 is 2.45 bits per heavy atom. The number of hydrogen-bond acceptors (Lipinski definition) is 3. The molecule has 5 heteroatoms. The molecule has 2 heterocycles. The minimum absolute atomic E-state index is 0.0190. The van der Waals surface area contributed by atoms with Crippen LogP contribution in [0.15, 0.2) is 0 Å². The topological polar surface area (TPSA) is 65.2 Å². The maximum absolute atomic E-state index is 12.6. The van der Waals surface area contributed by atoms with Gasteiger partial charge in [-0.25, -0.2) is 0 Å². The second-order valence-electron chi connectivity index (χ2n) is 5.33. The molecule has 0 spiro atoms. The third kappa shape index (κ3) is 2.77. The van der Waals surface area contributed by atoms with E-state index in [1.807, 2.05) is 11.8 Å². The van der Waals surface area contributed by atoms with Crippen LogP contribution in [0.25, 0.3) is 0 Å². The van der Waals surface area contributed by atoms with E-state index < -0.39 is 0 Å². The molecular weight excluding hydrogens is 254 g/mol. The summed E-state index contributed by atoms with van der Waals surface area (Å²) < 4.78 is 0. The zero-order chi connectivity index (χ0) is 14.7. The Morgan fingerprint density at radius 2 is 1.90 bits per heavy atom. The molecule has 2 rings (SSSR count). The van der Waals surface area contributed by atoms with E-state index >= 15 is 0 Å². The van der Waals surface area contributed by atoms with Gasteiger partial charge in [-0.1, -0.05) is 13.3 Å². The fraction of sp³-hybridized carbons (Fsp3) is 0.600. The minimum atomic E-state index is 0.0190. The summed E-state index contributed by atoms with van der Waals surface area (Å²) in [4.78, 5) is 29.5. The molecule has 2 N–H and O–H groups in total. The van der Waals surface area contributed by atoms with Crippen molar-refractivity contribution >= 4 is 11.7 Å². The van der Waals surface area contributed by atoms with Crippen molar-refractivity contribution in [2.24, 2.45) is 0 Å².